The maximum absolute atomic E-state index is 11.1. The van der Waals surface area contributed by atoms with Gasteiger partial charge in [-0.15, -0.1) is 0 Å². The second-order valence-corrected chi connectivity index (χ2v) is 4.47. The molecule has 0 bridgehead atoms. The molecule has 18 heavy (non-hydrogen) atoms. The third kappa shape index (κ3) is 1.48. The van der Waals surface area contributed by atoms with Crippen LogP contribution in [0.5, 0.6) is 5.75 Å². The van der Waals surface area contributed by atoms with Crippen LogP contribution >= 0.6 is 11.6 Å². The van der Waals surface area contributed by atoms with Crippen molar-refractivity contribution in [2.45, 2.75) is 6.61 Å². The molecule has 2 aromatic rings. The van der Waals surface area contributed by atoms with Crippen molar-refractivity contribution in [3.63, 3.8) is 0 Å². The van der Waals surface area contributed by atoms with E-state index in [0.29, 0.717) is 16.3 Å². The number of aromatic nitrogens is 2. The molecular weight excluding hydrogens is 256 g/mol. The van der Waals surface area contributed by atoms with Crippen molar-refractivity contribution in [2.75, 3.05) is 0 Å². The number of hydrogen-bond donors (Lipinski definition) is 1. The number of aromatic carboxylic acids is 1. The molecule has 5 nitrogen and oxygen atoms in total. The van der Waals surface area contributed by atoms with Gasteiger partial charge in [0.25, 0.3) is 0 Å². The molecule has 0 fully saturated rings. The molecule has 2 heterocycles. The Morgan fingerprint density at radius 2 is 2.33 bits per heavy atom. The summed E-state index contributed by atoms with van der Waals surface area (Å²) in [5, 5.41) is 13.7. The monoisotopic (exact) mass is 264 g/mol. The first-order valence-electron chi connectivity index (χ1n) is 5.30. The van der Waals surface area contributed by atoms with Gasteiger partial charge in [0.2, 0.25) is 0 Å². The highest BCUT2D eigenvalue weighted by atomic mass is 35.5. The Morgan fingerprint density at radius 1 is 1.56 bits per heavy atom. The van der Waals surface area contributed by atoms with Crippen molar-refractivity contribution < 1.29 is 14.6 Å². The number of hydrogen-bond acceptors (Lipinski definition) is 3. The molecule has 0 spiro atoms. The van der Waals surface area contributed by atoms with Crippen LogP contribution in [0, 0.1) is 0 Å². The predicted molar refractivity (Wildman–Crippen MR) is 64.9 cm³/mol. The molecule has 6 heteroatoms. The Labute approximate surface area is 108 Å². The highest BCUT2D eigenvalue weighted by Gasteiger charge is 2.28. The van der Waals surface area contributed by atoms with Crippen LogP contribution in [-0.4, -0.2) is 20.9 Å². The van der Waals surface area contributed by atoms with Crippen LogP contribution in [0.15, 0.2) is 18.2 Å². The first kappa shape index (κ1) is 11.1. The molecule has 0 aliphatic carbocycles. The molecule has 1 aromatic carbocycles. The van der Waals surface area contributed by atoms with E-state index in [-0.39, 0.29) is 12.3 Å². The summed E-state index contributed by atoms with van der Waals surface area (Å²) in [6, 6.07) is 5.26. The lowest BCUT2D eigenvalue weighted by atomic mass is 10.0. The van der Waals surface area contributed by atoms with Crippen LogP contribution in [0.1, 0.15) is 16.1 Å². The van der Waals surface area contributed by atoms with E-state index in [1.807, 2.05) is 0 Å². The van der Waals surface area contributed by atoms with E-state index in [0.717, 1.165) is 11.3 Å². The average molecular weight is 265 g/mol. The van der Waals surface area contributed by atoms with Gasteiger partial charge in [-0.1, -0.05) is 11.6 Å². The molecule has 0 atom stereocenters. The molecular formula is C12H9ClN2O3. The van der Waals surface area contributed by atoms with Crippen LogP contribution in [0.25, 0.3) is 11.3 Å². The molecule has 1 aromatic heterocycles. The number of rotatable bonds is 1. The van der Waals surface area contributed by atoms with E-state index in [9.17, 15) is 4.79 Å². The minimum absolute atomic E-state index is 0.0260. The predicted octanol–water partition coefficient (Wildman–Crippen LogP) is 2.33. The van der Waals surface area contributed by atoms with Gasteiger partial charge in [0, 0.05) is 17.6 Å². The van der Waals surface area contributed by atoms with Gasteiger partial charge in [0.1, 0.15) is 12.4 Å². The fraction of sp³-hybridized carbons (Fsp3) is 0.167. The van der Waals surface area contributed by atoms with Crippen LogP contribution < -0.4 is 4.74 Å². The third-order valence-corrected chi connectivity index (χ3v) is 3.15. The van der Waals surface area contributed by atoms with Crippen molar-refractivity contribution in [1.29, 1.82) is 0 Å². The van der Waals surface area contributed by atoms with Crippen molar-refractivity contribution in [1.82, 2.24) is 9.78 Å². The molecule has 1 N–H and O–H groups in total. The smallest absolute Gasteiger partial charge is 0.356 e. The van der Waals surface area contributed by atoms with Gasteiger partial charge in [-0.05, 0) is 18.2 Å². The minimum Gasteiger partial charge on any atom is -0.488 e. The maximum atomic E-state index is 11.1. The zero-order valence-electron chi connectivity index (χ0n) is 9.48. The van der Waals surface area contributed by atoms with Crippen molar-refractivity contribution in [2.24, 2.45) is 7.05 Å². The largest absolute Gasteiger partial charge is 0.488 e. The molecule has 1 aliphatic rings. The van der Waals surface area contributed by atoms with E-state index in [2.05, 4.69) is 5.10 Å². The number of halogens is 1. The van der Waals surface area contributed by atoms with Crippen molar-refractivity contribution >= 4 is 17.6 Å². The fourth-order valence-corrected chi connectivity index (χ4v) is 2.35. The topological polar surface area (TPSA) is 64.4 Å². The number of carboxylic acids is 1. The lowest BCUT2D eigenvalue weighted by Gasteiger charge is -2.18. The number of benzene rings is 1. The Balaban J connectivity index is 2.30. The molecule has 92 valence electrons. The lowest BCUT2D eigenvalue weighted by molar-refractivity contribution is 0.0686. The molecule has 0 unspecified atom stereocenters. The van der Waals surface area contributed by atoms with Gasteiger partial charge in [0.05, 0.1) is 11.3 Å². The SMILES string of the molecule is Cn1nc(C(=O)O)c2c1-c1cc(Cl)ccc1OC2. The van der Waals surface area contributed by atoms with Gasteiger partial charge < -0.3 is 9.84 Å². The third-order valence-electron chi connectivity index (χ3n) is 2.92. The minimum atomic E-state index is -1.05. The normalized spacial score (nSPS) is 12.6. The summed E-state index contributed by atoms with van der Waals surface area (Å²) in [4.78, 5) is 11.1. The Hall–Kier alpha value is -2.01. The van der Waals surface area contributed by atoms with E-state index in [1.54, 1.807) is 29.9 Å². The average Bonchev–Trinajstić information content (AvgIpc) is 2.67. The van der Waals surface area contributed by atoms with Gasteiger partial charge in [-0.2, -0.15) is 5.10 Å². The zero-order chi connectivity index (χ0) is 12.9. The van der Waals surface area contributed by atoms with Crippen LogP contribution in [0.3, 0.4) is 0 Å². The quantitative estimate of drug-likeness (QED) is 0.859. The Kier molecular flexibility index (Phi) is 2.31. The second-order valence-electron chi connectivity index (χ2n) is 4.03. The Bertz CT molecular complexity index is 664. The maximum Gasteiger partial charge on any atom is 0.356 e. The molecule has 3 rings (SSSR count). The van der Waals surface area contributed by atoms with Gasteiger partial charge in [0.15, 0.2) is 5.69 Å². The highest BCUT2D eigenvalue weighted by molar-refractivity contribution is 6.31. The van der Waals surface area contributed by atoms with E-state index >= 15 is 0 Å². The van der Waals surface area contributed by atoms with Gasteiger partial charge in [-0.25, -0.2) is 4.79 Å². The van der Waals surface area contributed by atoms with Crippen LogP contribution in [-0.2, 0) is 13.7 Å². The van der Waals surface area contributed by atoms with Gasteiger partial charge >= 0.3 is 5.97 Å². The molecule has 0 saturated heterocycles. The first-order chi connectivity index (χ1) is 8.58. The van der Waals surface area contributed by atoms with Crippen LogP contribution in [0.4, 0.5) is 0 Å². The lowest BCUT2D eigenvalue weighted by Crippen LogP contribution is -2.09. The van der Waals surface area contributed by atoms with Gasteiger partial charge in [-0.3, -0.25) is 4.68 Å². The van der Waals surface area contributed by atoms with Crippen LogP contribution in [0.2, 0.25) is 5.02 Å². The Morgan fingerprint density at radius 3 is 3.06 bits per heavy atom. The summed E-state index contributed by atoms with van der Waals surface area (Å²) in [5.74, 6) is -0.368. The summed E-state index contributed by atoms with van der Waals surface area (Å²) in [5.41, 5.74) is 2.13. The number of nitrogens with zero attached hydrogens (tertiary/aromatic N) is 2. The molecule has 0 amide bonds. The number of ether oxygens (including phenoxy) is 1. The molecule has 0 radical (unpaired) electrons. The van der Waals surface area contributed by atoms with Crippen molar-refractivity contribution in [3.8, 4) is 17.0 Å². The number of carbonyl (C=O) groups is 1. The summed E-state index contributed by atoms with van der Waals surface area (Å²) in [6.45, 7) is 0.208. The summed E-state index contributed by atoms with van der Waals surface area (Å²) >= 11 is 5.96. The summed E-state index contributed by atoms with van der Waals surface area (Å²) < 4.78 is 7.09. The first-order valence-corrected chi connectivity index (χ1v) is 5.67. The summed E-state index contributed by atoms with van der Waals surface area (Å²) in [6.07, 6.45) is 0. The molecule has 1 aliphatic heterocycles. The molecule has 0 saturated carbocycles. The van der Waals surface area contributed by atoms with E-state index in [1.165, 1.54) is 0 Å². The standard InChI is InChI=1S/C12H9ClN2O3/c1-15-11-7-4-6(13)2-3-9(7)18-5-8(11)10(14-15)12(16)17/h2-4H,5H2,1H3,(H,16,17). The van der Waals surface area contributed by atoms with E-state index in [4.69, 9.17) is 21.4 Å². The summed E-state index contributed by atoms with van der Waals surface area (Å²) in [7, 11) is 1.71. The van der Waals surface area contributed by atoms with E-state index < -0.39 is 5.97 Å². The zero-order valence-corrected chi connectivity index (χ0v) is 10.2. The second kappa shape index (κ2) is 3.74. The fourth-order valence-electron chi connectivity index (χ4n) is 2.18. The van der Waals surface area contributed by atoms with Crippen molar-refractivity contribution in [3.05, 3.63) is 34.5 Å². The number of fused-ring (bicyclic) bond motifs is 3. The number of carboxylic acid groups (broad SMARTS) is 1. The number of aryl methyl sites for hydroxylation is 1. The highest BCUT2D eigenvalue weighted by Crippen LogP contribution is 2.39.